The van der Waals surface area contributed by atoms with Gasteiger partial charge in [-0.05, 0) is 63.9 Å². The van der Waals surface area contributed by atoms with Crippen LogP contribution in [0.2, 0.25) is 0 Å². The largest absolute Gasteiger partial charge is 0.489 e. The van der Waals surface area contributed by atoms with Crippen LogP contribution in [0.25, 0.3) is 11.0 Å². The van der Waals surface area contributed by atoms with Crippen LogP contribution in [0.5, 0.6) is 5.75 Å². The summed E-state index contributed by atoms with van der Waals surface area (Å²) in [5, 5.41) is 3.93. The van der Waals surface area contributed by atoms with Gasteiger partial charge in [0, 0.05) is 43.0 Å². The number of para-hydroxylation sites is 1. The quantitative estimate of drug-likeness (QED) is 0.209. The number of aromatic nitrogens is 3. The van der Waals surface area contributed by atoms with E-state index in [1.807, 2.05) is 81.1 Å². The minimum atomic E-state index is -0.635. The Bertz CT molecular complexity index is 1770. The summed E-state index contributed by atoms with van der Waals surface area (Å²) >= 11 is 0. The number of allylic oxidation sites excluding steroid dienone is 1. The van der Waals surface area contributed by atoms with Crippen molar-refractivity contribution in [3.63, 3.8) is 0 Å². The zero-order chi connectivity index (χ0) is 31.4. The van der Waals surface area contributed by atoms with Crippen LogP contribution in [-0.2, 0) is 11.3 Å². The Balaban J connectivity index is 1.55. The minimum absolute atomic E-state index is 0.193. The predicted molar refractivity (Wildman–Crippen MR) is 176 cm³/mol. The summed E-state index contributed by atoms with van der Waals surface area (Å²) in [5.74, 6) is 1.04. The van der Waals surface area contributed by atoms with Crippen molar-refractivity contribution in [2.45, 2.75) is 46.3 Å². The first-order chi connectivity index (χ1) is 21.1. The Kier molecular flexibility index (Phi) is 8.71. The first-order valence-electron chi connectivity index (χ1n) is 14.6. The Hall–Kier alpha value is -5.12. The van der Waals surface area contributed by atoms with Gasteiger partial charge in [-0.1, -0.05) is 36.9 Å². The molecule has 0 saturated carbocycles. The number of amides is 1. The van der Waals surface area contributed by atoms with E-state index in [0.717, 1.165) is 22.6 Å². The molecule has 0 bridgehead atoms. The molecule has 2 aromatic heterocycles. The van der Waals surface area contributed by atoms with Gasteiger partial charge >= 0.3 is 6.09 Å². The molecule has 1 aliphatic heterocycles. The van der Waals surface area contributed by atoms with Crippen molar-refractivity contribution >= 4 is 45.8 Å². The summed E-state index contributed by atoms with van der Waals surface area (Å²) in [6.45, 7) is 16.6. The second kappa shape index (κ2) is 12.6. The summed E-state index contributed by atoms with van der Waals surface area (Å²) in [6.07, 6.45) is 5.34. The molecule has 10 heteroatoms. The zero-order valence-corrected chi connectivity index (χ0v) is 25.7. The number of benzene rings is 2. The Morgan fingerprint density at radius 3 is 2.61 bits per heavy atom. The normalized spacial score (nSPS) is 12.9. The Morgan fingerprint density at radius 2 is 1.86 bits per heavy atom. The molecule has 4 aromatic rings. The topological polar surface area (TPSA) is 102 Å². The van der Waals surface area contributed by atoms with E-state index in [1.54, 1.807) is 27.8 Å². The molecule has 3 heterocycles. The fourth-order valence-electron chi connectivity index (χ4n) is 5.17. The average Bonchev–Trinajstić information content (AvgIpc) is 2.98. The van der Waals surface area contributed by atoms with Gasteiger partial charge in [0.2, 0.25) is 5.95 Å². The van der Waals surface area contributed by atoms with E-state index in [4.69, 9.17) is 14.5 Å². The van der Waals surface area contributed by atoms with Crippen molar-refractivity contribution in [3.05, 3.63) is 96.0 Å². The van der Waals surface area contributed by atoms with Crippen molar-refractivity contribution < 1.29 is 14.3 Å². The summed E-state index contributed by atoms with van der Waals surface area (Å²) < 4.78 is 13.0. The highest BCUT2D eigenvalue weighted by atomic mass is 16.6. The van der Waals surface area contributed by atoms with Crippen LogP contribution >= 0.6 is 0 Å². The third-order valence-corrected chi connectivity index (χ3v) is 7.05. The molecule has 44 heavy (non-hydrogen) atoms. The highest BCUT2D eigenvalue weighted by Crippen LogP contribution is 2.40. The summed E-state index contributed by atoms with van der Waals surface area (Å²) in [5.41, 5.74) is 3.29. The Morgan fingerprint density at radius 1 is 1.07 bits per heavy atom. The number of carbonyl (C=O) groups excluding carboxylic acids is 1. The number of aryl methyl sites for hydroxylation is 2. The van der Waals surface area contributed by atoms with E-state index in [0.29, 0.717) is 61.1 Å². The molecule has 0 spiro atoms. The van der Waals surface area contributed by atoms with Gasteiger partial charge in [0.1, 0.15) is 29.3 Å². The lowest BCUT2D eigenvalue weighted by atomic mass is 10.1. The molecule has 1 amide bonds. The number of anilines is 5. The van der Waals surface area contributed by atoms with Gasteiger partial charge in [-0.3, -0.25) is 14.3 Å². The van der Waals surface area contributed by atoms with Crippen LogP contribution in [0.1, 0.15) is 32.8 Å². The minimum Gasteiger partial charge on any atom is -0.489 e. The van der Waals surface area contributed by atoms with Gasteiger partial charge in [0.25, 0.3) is 5.56 Å². The molecule has 228 valence electrons. The number of hydrogen-bond donors (Lipinski definition) is 1. The second-order valence-corrected chi connectivity index (χ2v) is 11.5. The highest BCUT2D eigenvalue weighted by molar-refractivity contribution is 5.97. The van der Waals surface area contributed by atoms with Gasteiger partial charge in [-0.15, -0.1) is 6.58 Å². The van der Waals surface area contributed by atoms with Gasteiger partial charge < -0.3 is 19.7 Å². The molecule has 0 radical (unpaired) electrons. The maximum atomic E-state index is 14.2. The molecule has 10 nitrogen and oxygen atoms in total. The number of carbonyl (C=O) groups is 1. The molecule has 1 N–H and O–H groups in total. The molecular formula is C34H38N6O4. The van der Waals surface area contributed by atoms with Crippen molar-refractivity contribution in [2.75, 3.05) is 34.8 Å². The smallest absolute Gasteiger partial charge is 0.414 e. The van der Waals surface area contributed by atoms with E-state index in [-0.39, 0.29) is 5.56 Å². The number of nitrogens with one attached hydrogen (secondary N) is 1. The van der Waals surface area contributed by atoms with Gasteiger partial charge in [0.15, 0.2) is 0 Å². The van der Waals surface area contributed by atoms with E-state index < -0.39 is 11.7 Å². The van der Waals surface area contributed by atoms with Crippen molar-refractivity contribution in [1.29, 1.82) is 0 Å². The van der Waals surface area contributed by atoms with E-state index in [1.165, 1.54) is 0 Å². The average molecular weight is 595 g/mol. The second-order valence-electron chi connectivity index (χ2n) is 11.5. The number of pyridine rings is 1. The number of rotatable bonds is 9. The standard InChI is InChI=1S/C34H38N6O4/c1-7-9-16-40-30-24(22-35-32(37-30)36-25-13-11-14-26(21-25)43-19-8-2)20-28(31(40)41)38-17-18-39(33(42)44-34(4,5)6)29-23(3)12-10-15-27(29)38/h7-8,10-15,20-22H,1-2,9,16-19H2,3-6H3,(H,35,36,37). The SMILES string of the molecule is C=CCCn1c(=O)c(N2CCN(C(=O)OC(C)(C)C)c3c(C)cccc32)cc2cnc(Nc3cccc(OCC=C)c3)nc21. The molecule has 2 aromatic carbocycles. The molecule has 5 rings (SSSR count). The van der Waals surface area contributed by atoms with Crippen LogP contribution in [0.4, 0.5) is 33.5 Å². The Labute approximate surface area is 257 Å². The highest BCUT2D eigenvalue weighted by Gasteiger charge is 2.33. The van der Waals surface area contributed by atoms with Gasteiger partial charge in [-0.2, -0.15) is 4.98 Å². The fourth-order valence-corrected chi connectivity index (χ4v) is 5.17. The molecular weight excluding hydrogens is 556 g/mol. The monoisotopic (exact) mass is 594 g/mol. The maximum absolute atomic E-state index is 14.2. The third kappa shape index (κ3) is 6.44. The number of hydrogen-bond acceptors (Lipinski definition) is 8. The molecule has 0 aliphatic carbocycles. The molecule has 1 aliphatic rings. The zero-order valence-electron chi connectivity index (χ0n) is 25.7. The lowest BCUT2D eigenvalue weighted by molar-refractivity contribution is 0.0580. The van der Waals surface area contributed by atoms with Crippen LogP contribution in [-0.4, -0.2) is 45.9 Å². The lowest BCUT2D eigenvalue weighted by Crippen LogP contribution is -2.46. The van der Waals surface area contributed by atoms with Crippen LogP contribution in [0.15, 0.2) is 84.8 Å². The molecule has 0 fully saturated rings. The number of nitrogens with zero attached hydrogens (tertiary/aromatic N) is 5. The summed E-state index contributed by atoms with van der Waals surface area (Å²) in [6, 6.07) is 15.1. The van der Waals surface area contributed by atoms with Crippen molar-refractivity contribution in [2.24, 2.45) is 0 Å². The number of ether oxygens (including phenoxy) is 2. The first-order valence-corrected chi connectivity index (χ1v) is 14.6. The molecule has 0 saturated heterocycles. The van der Waals surface area contributed by atoms with E-state index in [9.17, 15) is 9.59 Å². The van der Waals surface area contributed by atoms with Crippen LogP contribution < -0.4 is 25.4 Å². The third-order valence-electron chi connectivity index (χ3n) is 7.05. The van der Waals surface area contributed by atoms with E-state index >= 15 is 0 Å². The van der Waals surface area contributed by atoms with E-state index in [2.05, 4.69) is 23.5 Å². The van der Waals surface area contributed by atoms with Crippen LogP contribution in [0.3, 0.4) is 0 Å². The van der Waals surface area contributed by atoms with Crippen molar-refractivity contribution in [3.8, 4) is 5.75 Å². The predicted octanol–water partition coefficient (Wildman–Crippen LogP) is 6.88. The summed E-state index contributed by atoms with van der Waals surface area (Å²) in [7, 11) is 0. The first kappa shape index (κ1) is 30.3. The number of fused-ring (bicyclic) bond motifs is 2. The van der Waals surface area contributed by atoms with Gasteiger partial charge in [-0.25, -0.2) is 9.78 Å². The molecule has 0 atom stereocenters. The fraction of sp³-hybridized carbons (Fsp3) is 0.294. The van der Waals surface area contributed by atoms with Crippen LogP contribution in [0, 0.1) is 6.92 Å². The van der Waals surface area contributed by atoms with Gasteiger partial charge in [0.05, 0.1) is 11.4 Å². The summed E-state index contributed by atoms with van der Waals surface area (Å²) in [4.78, 5) is 40.3. The maximum Gasteiger partial charge on any atom is 0.414 e. The lowest BCUT2D eigenvalue weighted by Gasteiger charge is -2.39. The van der Waals surface area contributed by atoms with Crippen molar-refractivity contribution in [1.82, 2.24) is 14.5 Å². The molecule has 0 unspecified atom stereocenters.